The fourth-order valence-electron chi connectivity index (χ4n) is 1.55. The molecule has 2 rings (SSSR count). The first-order chi connectivity index (χ1) is 8.77. The Bertz CT molecular complexity index is 627. The minimum Gasteiger partial charge on any atom is -0.233 e. The van der Waals surface area contributed by atoms with Crippen molar-refractivity contribution in [1.82, 2.24) is 9.97 Å². The first kappa shape index (κ1) is 14.1. The van der Waals surface area contributed by atoms with E-state index in [1.165, 1.54) is 25.1 Å². The summed E-state index contributed by atoms with van der Waals surface area (Å²) in [5, 5.41) is 0.634. The molecule has 0 saturated heterocycles. The Hall–Kier alpha value is -1.33. The van der Waals surface area contributed by atoms with Crippen molar-refractivity contribution in [2.45, 2.75) is 13.1 Å². The topological polar surface area (TPSA) is 25.8 Å². The number of halogens is 5. The zero-order valence-electron chi connectivity index (χ0n) is 9.59. The molecule has 1 aromatic heterocycles. The van der Waals surface area contributed by atoms with Crippen LogP contribution in [0.3, 0.4) is 0 Å². The molecule has 0 bridgehead atoms. The second kappa shape index (κ2) is 4.98. The van der Waals surface area contributed by atoms with Crippen molar-refractivity contribution in [3.63, 3.8) is 0 Å². The number of rotatable bonds is 1. The number of aryl methyl sites for hydroxylation is 1. The molecule has 2 aromatic rings. The summed E-state index contributed by atoms with van der Waals surface area (Å²) < 4.78 is 38.1. The van der Waals surface area contributed by atoms with Crippen LogP contribution in [0, 0.1) is 6.92 Å². The second-order valence-electron chi connectivity index (χ2n) is 3.81. The van der Waals surface area contributed by atoms with Crippen LogP contribution in [0.5, 0.6) is 0 Å². The third kappa shape index (κ3) is 3.16. The molecule has 7 heteroatoms. The van der Waals surface area contributed by atoms with E-state index >= 15 is 0 Å². The Kier molecular flexibility index (Phi) is 3.69. The molecule has 0 fully saturated rings. The number of hydrogen-bond donors (Lipinski definition) is 0. The maximum absolute atomic E-state index is 12.7. The maximum atomic E-state index is 12.7. The Morgan fingerprint density at radius 1 is 1.05 bits per heavy atom. The lowest BCUT2D eigenvalue weighted by Gasteiger charge is -2.10. The molecule has 100 valence electrons. The van der Waals surface area contributed by atoms with Crippen LogP contribution in [0.15, 0.2) is 24.3 Å². The highest BCUT2D eigenvalue weighted by molar-refractivity contribution is 6.36. The van der Waals surface area contributed by atoms with Crippen molar-refractivity contribution in [3.8, 4) is 11.3 Å². The lowest BCUT2D eigenvalue weighted by Crippen LogP contribution is -2.10. The highest BCUT2D eigenvalue weighted by Gasteiger charge is 2.33. The number of alkyl halides is 3. The molecule has 0 aliphatic rings. The normalized spacial score (nSPS) is 11.7. The molecule has 0 N–H and O–H groups in total. The summed E-state index contributed by atoms with van der Waals surface area (Å²) in [5.74, 6) is 0.0239. The van der Waals surface area contributed by atoms with Crippen LogP contribution in [0.2, 0.25) is 10.0 Å². The van der Waals surface area contributed by atoms with Crippen LogP contribution >= 0.6 is 23.2 Å². The fraction of sp³-hybridized carbons (Fsp3) is 0.167. The Labute approximate surface area is 117 Å². The molecule has 1 aromatic carbocycles. The van der Waals surface area contributed by atoms with Crippen LogP contribution < -0.4 is 0 Å². The molecule has 1 heterocycles. The summed E-state index contributed by atoms with van der Waals surface area (Å²) in [6.07, 6.45) is -4.53. The van der Waals surface area contributed by atoms with Gasteiger partial charge in [0, 0.05) is 10.6 Å². The van der Waals surface area contributed by atoms with Gasteiger partial charge in [0.15, 0.2) is 0 Å². The van der Waals surface area contributed by atoms with E-state index in [0.29, 0.717) is 10.6 Å². The molecule has 0 spiro atoms. The van der Waals surface area contributed by atoms with Gasteiger partial charge in [-0.15, -0.1) is 0 Å². The monoisotopic (exact) mass is 306 g/mol. The first-order valence-electron chi connectivity index (χ1n) is 5.15. The molecule has 0 atom stereocenters. The van der Waals surface area contributed by atoms with Crippen molar-refractivity contribution in [1.29, 1.82) is 0 Å². The number of benzene rings is 1. The molecule has 0 aliphatic carbocycles. The predicted molar refractivity (Wildman–Crippen MR) is 67.2 cm³/mol. The summed E-state index contributed by atoms with van der Waals surface area (Å²) in [6.45, 7) is 1.39. The van der Waals surface area contributed by atoms with Gasteiger partial charge in [0.25, 0.3) is 0 Å². The average molecular weight is 307 g/mol. The smallest absolute Gasteiger partial charge is 0.233 e. The Balaban J connectivity index is 2.59. The number of aromatic nitrogens is 2. The molecule has 0 saturated carbocycles. The lowest BCUT2D eigenvalue weighted by atomic mass is 10.1. The Morgan fingerprint density at radius 2 is 1.74 bits per heavy atom. The van der Waals surface area contributed by atoms with Gasteiger partial charge in [-0.05, 0) is 31.2 Å². The SMILES string of the molecule is Cc1nc(-c2ccc(Cl)cc2Cl)cc(C(F)(F)F)n1. The molecule has 19 heavy (non-hydrogen) atoms. The zero-order valence-corrected chi connectivity index (χ0v) is 11.1. The van der Waals surface area contributed by atoms with E-state index < -0.39 is 11.9 Å². The molecular weight excluding hydrogens is 300 g/mol. The highest BCUT2D eigenvalue weighted by atomic mass is 35.5. The zero-order chi connectivity index (χ0) is 14.2. The summed E-state index contributed by atoms with van der Waals surface area (Å²) in [6, 6.07) is 5.37. The van der Waals surface area contributed by atoms with Gasteiger partial charge < -0.3 is 0 Å². The van der Waals surface area contributed by atoms with E-state index in [9.17, 15) is 13.2 Å². The fourth-order valence-corrected chi connectivity index (χ4v) is 2.05. The van der Waals surface area contributed by atoms with Gasteiger partial charge >= 0.3 is 6.18 Å². The standard InChI is InChI=1S/C12H7Cl2F3N2/c1-6-18-10(5-11(19-6)12(15,16)17)8-3-2-7(13)4-9(8)14/h2-5H,1H3. The summed E-state index contributed by atoms with van der Waals surface area (Å²) in [5.41, 5.74) is -0.510. The average Bonchev–Trinajstić information content (AvgIpc) is 2.26. The molecule has 2 nitrogen and oxygen atoms in total. The van der Waals surface area contributed by atoms with E-state index in [2.05, 4.69) is 9.97 Å². The summed E-state index contributed by atoms with van der Waals surface area (Å²) in [4.78, 5) is 7.34. The molecule has 0 radical (unpaired) electrons. The molecule has 0 amide bonds. The largest absolute Gasteiger partial charge is 0.433 e. The second-order valence-corrected chi connectivity index (χ2v) is 4.65. The minimum atomic E-state index is -4.53. The van der Waals surface area contributed by atoms with Crippen LogP contribution in [-0.4, -0.2) is 9.97 Å². The third-order valence-corrected chi connectivity index (χ3v) is 2.88. The quantitative estimate of drug-likeness (QED) is 0.758. The van der Waals surface area contributed by atoms with Crippen LogP contribution in [0.4, 0.5) is 13.2 Å². The van der Waals surface area contributed by atoms with E-state index in [4.69, 9.17) is 23.2 Å². The van der Waals surface area contributed by atoms with Gasteiger partial charge in [0.1, 0.15) is 11.5 Å². The lowest BCUT2D eigenvalue weighted by molar-refractivity contribution is -0.141. The summed E-state index contributed by atoms with van der Waals surface area (Å²) in [7, 11) is 0. The van der Waals surface area contributed by atoms with Gasteiger partial charge in [0.05, 0.1) is 10.7 Å². The van der Waals surface area contributed by atoms with Crippen molar-refractivity contribution in [2.24, 2.45) is 0 Å². The van der Waals surface area contributed by atoms with Gasteiger partial charge in [-0.25, -0.2) is 9.97 Å². The number of nitrogens with zero attached hydrogens (tertiary/aromatic N) is 2. The van der Waals surface area contributed by atoms with Crippen molar-refractivity contribution >= 4 is 23.2 Å². The minimum absolute atomic E-state index is 0.0239. The highest BCUT2D eigenvalue weighted by Crippen LogP contribution is 2.33. The molecular formula is C12H7Cl2F3N2. The van der Waals surface area contributed by atoms with Crippen molar-refractivity contribution in [2.75, 3.05) is 0 Å². The van der Waals surface area contributed by atoms with Crippen molar-refractivity contribution in [3.05, 3.63) is 45.8 Å². The molecule has 0 unspecified atom stereocenters. The van der Waals surface area contributed by atoms with Crippen LogP contribution in [0.1, 0.15) is 11.5 Å². The van der Waals surface area contributed by atoms with E-state index in [1.54, 1.807) is 0 Å². The Morgan fingerprint density at radius 3 is 2.32 bits per heavy atom. The predicted octanol–water partition coefficient (Wildman–Crippen LogP) is 4.78. The first-order valence-corrected chi connectivity index (χ1v) is 5.91. The van der Waals surface area contributed by atoms with Gasteiger partial charge in [-0.2, -0.15) is 13.2 Å². The third-order valence-electron chi connectivity index (χ3n) is 2.34. The van der Waals surface area contributed by atoms with Gasteiger partial charge in [0.2, 0.25) is 0 Å². The van der Waals surface area contributed by atoms with E-state index in [0.717, 1.165) is 6.07 Å². The van der Waals surface area contributed by atoms with Gasteiger partial charge in [-0.1, -0.05) is 23.2 Å². The number of hydrogen-bond acceptors (Lipinski definition) is 2. The van der Waals surface area contributed by atoms with Crippen LogP contribution in [-0.2, 0) is 6.18 Å². The summed E-state index contributed by atoms with van der Waals surface area (Å²) >= 11 is 11.7. The van der Waals surface area contributed by atoms with Crippen LogP contribution in [0.25, 0.3) is 11.3 Å². The van der Waals surface area contributed by atoms with Gasteiger partial charge in [-0.3, -0.25) is 0 Å². The van der Waals surface area contributed by atoms with Crippen molar-refractivity contribution < 1.29 is 13.2 Å². The maximum Gasteiger partial charge on any atom is 0.433 e. The molecule has 0 aliphatic heterocycles. The van der Waals surface area contributed by atoms with E-state index in [1.807, 2.05) is 0 Å². The van der Waals surface area contributed by atoms with E-state index in [-0.39, 0.29) is 16.5 Å².